The van der Waals surface area contributed by atoms with Gasteiger partial charge in [-0.2, -0.15) is 0 Å². The molecule has 1 aromatic carbocycles. The van der Waals surface area contributed by atoms with Gasteiger partial charge in [0.05, 0.1) is 18.6 Å². The fraction of sp³-hybridized carbons (Fsp3) is 0.429. The summed E-state index contributed by atoms with van der Waals surface area (Å²) < 4.78 is 5.04. The lowest BCUT2D eigenvalue weighted by Crippen LogP contribution is -2.42. The van der Waals surface area contributed by atoms with Gasteiger partial charge in [-0.1, -0.05) is 0 Å². The highest BCUT2D eigenvalue weighted by Gasteiger charge is 2.29. The molecule has 1 fully saturated rings. The van der Waals surface area contributed by atoms with E-state index in [9.17, 15) is 9.59 Å². The number of benzene rings is 1. The first-order valence-electron chi connectivity index (χ1n) is 6.48. The molecule has 2 rings (SSSR count). The number of nitrogens with zero attached hydrogens (tertiary/aromatic N) is 1. The normalized spacial score (nSPS) is 18.6. The van der Waals surface area contributed by atoms with Gasteiger partial charge in [0.15, 0.2) is 0 Å². The molecule has 0 aromatic heterocycles. The summed E-state index contributed by atoms with van der Waals surface area (Å²) in [5.41, 5.74) is 6.58. The van der Waals surface area contributed by atoms with Crippen molar-refractivity contribution >= 4 is 17.6 Å². The summed E-state index contributed by atoms with van der Waals surface area (Å²) in [6.45, 7) is 0.799. The van der Waals surface area contributed by atoms with Crippen molar-refractivity contribution in [1.29, 1.82) is 0 Å². The molecule has 6 nitrogen and oxygen atoms in total. The molecule has 1 aliphatic rings. The number of hydrogen-bond donors (Lipinski definition) is 2. The zero-order valence-electron chi connectivity index (χ0n) is 11.3. The second-order valence-electron chi connectivity index (χ2n) is 4.88. The zero-order valence-corrected chi connectivity index (χ0v) is 11.3. The maximum atomic E-state index is 12.4. The van der Waals surface area contributed by atoms with Gasteiger partial charge in [-0.25, -0.2) is 0 Å². The molecule has 6 heteroatoms. The second-order valence-corrected chi connectivity index (χ2v) is 4.88. The van der Waals surface area contributed by atoms with Crippen molar-refractivity contribution in [2.75, 3.05) is 25.9 Å². The quantitative estimate of drug-likeness (QED) is 0.811. The smallest absolute Gasteiger partial charge is 0.308 e. The second kappa shape index (κ2) is 5.81. The van der Waals surface area contributed by atoms with Crippen molar-refractivity contribution in [1.82, 2.24) is 4.90 Å². The summed E-state index contributed by atoms with van der Waals surface area (Å²) in [7, 11) is 1.53. The fourth-order valence-corrected chi connectivity index (χ4v) is 2.40. The van der Waals surface area contributed by atoms with E-state index in [1.807, 2.05) is 0 Å². The highest BCUT2D eigenvalue weighted by atomic mass is 16.5. The summed E-state index contributed by atoms with van der Waals surface area (Å²) in [6.07, 6.45) is 1.30. The van der Waals surface area contributed by atoms with Gasteiger partial charge >= 0.3 is 5.97 Å². The van der Waals surface area contributed by atoms with Gasteiger partial charge in [-0.05, 0) is 25.0 Å². The molecule has 1 aromatic rings. The number of nitrogen functional groups attached to an aromatic ring is 1. The zero-order chi connectivity index (χ0) is 14.7. The van der Waals surface area contributed by atoms with Crippen molar-refractivity contribution < 1.29 is 19.4 Å². The van der Waals surface area contributed by atoms with Gasteiger partial charge in [-0.15, -0.1) is 0 Å². The van der Waals surface area contributed by atoms with Crippen molar-refractivity contribution in [3.63, 3.8) is 0 Å². The lowest BCUT2D eigenvalue weighted by atomic mass is 9.97. The molecule has 0 spiro atoms. The Labute approximate surface area is 117 Å². The average molecular weight is 278 g/mol. The van der Waals surface area contributed by atoms with Gasteiger partial charge in [0.1, 0.15) is 5.75 Å². The number of likely N-dealkylation sites (tertiary alicyclic amines) is 1. The monoisotopic (exact) mass is 278 g/mol. The Balaban J connectivity index is 2.16. The van der Waals surface area contributed by atoms with E-state index in [1.54, 1.807) is 23.1 Å². The van der Waals surface area contributed by atoms with E-state index in [-0.39, 0.29) is 12.5 Å². The molecular formula is C14H18N2O4. The maximum absolute atomic E-state index is 12.4. The van der Waals surface area contributed by atoms with Crippen LogP contribution in [0.25, 0.3) is 0 Å². The van der Waals surface area contributed by atoms with Gasteiger partial charge in [0.2, 0.25) is 0 Å². The van der Waals surface area contributed by atoms with E-state index in [0.717, 1.165) is 0 Å². The van der Waals surface area contributed by atoms with E-state index in [4.69, 9.17) is 15.6 Å². The minimum atomic E-state index is -0.856. The molecule has 1 atom stereocenters. The van der Waals surface area contributed by atoms with Crippen LogP contribution >= 0.6 is 0 Å². The molecule has 108 valence electrons. The van der Waals surface area contributed by atoms with Crippen LogP contribution in [0.4, 0.5) is 5.69 Å². The van der Waals surface area contributed by atoms with Crippen molar-refractivity contribution in [2.24, 2.45) is 5.92 Å². The Hall–Kier alpha value is -2.24. The largest absolute Gasteiger partial charge is 0.497 e. The topological polar surface area (TPSA) is 92.9 Å². The SMILES string of the molecule is COc1ccc(C(=O)N2CCCC(C(=O)O)C2)c(N)c1. The number of carboxylic acids is 1. The Morgan fingerprint density at radius 3 is 2.80 bits per heavy atom. The number of hydrogen-bond acceptors (Lipinski definition) is 4. The van der Waals surface area contributed by atoms with E-state index >= 15 is 0 Å². The van der Waals surface area contributed by atoms with E-state index < -0.39 is 11.9 Å². The third kappa shape index (κ3) is 2.84. The number of methoxy groups -OCH3 is 1. The molecule has 1 amide bonds. The van der Waals surface area contributed by atoms with Crippen molar-refractivity contribution in [3.05, 3.63) is 23.8 Å². The Kier molecular flexibility index (Phi) is 4.12. The van der Waals surface area contributed by atoms with Crippen LogP contribution in [0.15, 0.2) is 18.2 Å². The third-order valence-corrected chi connectivity index (χ3v) is 3.55. The van der Waals surface area contributed by atoms with Crippen LogP contribution in [-0.2, 0) is 4.79 Å². The van der Waals surface area contributed by atoms with Crippen molar-refractivity contribution in [2.45, 2.75) is 12.8 Å². The fourth-order valence-electron chi connectivity index (χ4n) is 2.40. The molecule has 0 aliphatic carbocycles. The van der Waals surface area contributed by atoms with Crippen molar-refractivity contribution in [3.8, 4) is 5.75 Å². The number of aliphatic carboxylic acids is 1. The summed E-state index contributed by atoms with van der Waals surface area (Å²) >= 11 is 0. The standard InChI is InChI=1S/C14H18N2O4/c1-20-10-4-5-11(12(15)7-10)13(17)16-6-2-3-9(8-16)14(18)19/h4-5,7,9H,2-3,6,8,15H2,1H3,(H,18,19). The van der Waals surface area contributed by atoms with E-state index in [2.05, 4.69) is 0 Å². The molecule has 1 unspecified atom stereocenters. The number of carbonyl (C=O) groups excluding carboxylic acids is 1. The van der Waals surface area contributed by atoms with Crippen LogP contribution in [-0.4, -0.2) is 42.1 Å². The first-order valence-corrected chi connectivity index (χ1v) is 6.48. The lowest BCUT2D eigenvalue weighted by Gasteiger charge is -2.31. The number of rotatable bonds is 3. The number of carbonyl (C=O) groups is 2. The number of carboxylic acid groups (broad SMARTS) is 1. The highest BCUT2D eigenvalue weighted by molar-refractivity contribution is 5.99. The third-order valence-electron chi connectivity index (χ3n) is 3.55. The summed E-state index contributed by atoms with van der Waals surface area (Å²) in [5, 5.41) is 9.05. The van der Waals surface area contributed by atoms with Crippen LogP contribution in [0, 0.1) is 5.92 Å². The molecule has 1 aliphatic heterocycles. The average Bonchev–Trinajstić information content (AvgIpc) is 2.46. The molecule has 3 N–H and O–H groups in total. The van der Waals surface area contributed by atoms with Gasteiger partial charge in [-0.3, -0.25) is 9.59 Å². The summed E-state index contributed by atoms with van der Waals surface area (Å²) in [4.78, 5) is 25.0. The molecule has 20 heavy (non-hydrogen) atoms. The number of anilines is 1. The molecule has 1 saturated heterocycles. The van der Waals surface area contributed by atoms with E-state index in [0.29, 0.717) is 36.4 Å². The first kappa shape index (κ1) is 14.2. The summed E-state index contributed by atoms with van der Waals surface area (Å²) in [6, 6.07) is 4.87. The molecule has 0 bridgehead atoms. The Bertz CT molecular complexity index is 530. The van der Waals surface area contributed by atoms with Gasteiger partial charge in [0, 0.05) is 24.8 Å². The molecule has 0 radical (unpaired) electrons. The predicted octanol–water partition coefficient (Wildman–Crippen LogP) is 1.21. The van der Waals surface area contributed by atoms with Gasteiger partial charge < -0.3 is 20.5 Å². The first-order chi connectivity index (χ1) is 9.52. The van der Waals surface area contributed by atoms with Gasteiger partial charge in [0.25, 0.3) is 5.91 Å². The Morgan fingerprint density at radius 1 is 1.45 bits per heavy atom. The minimum absolute atomic E-state index is 0.226. The summed E-state index contributed by atoms with van der Waals surface area (Å²) in [5.74, 6) is -0.991. The number of ether oxygens (including phenoxy) is 1. The lowest BCUT2D eigenvalue weighted by molar-refractivity contribution is -0.143. The highest BCUT2D eigenvalue weighted by Crippen LogP contribution is 2.24. The van der Waals surface area contributed by atoms with Crippen LogP contribution in [0.1, 0.15) is 23.2 Å². The number of piperidine rings is 1. The van der Waals surface area contributed by atoms with E-state index in [1.165, 1.54) is 7.11 Å². The molecular weight excluding hydrogens is 260 g/mol. The Morgan fingerprint density at radius 2 is 2.20 bits per heavy atom. The number of nitrogens with two attached hydrogens (primary N) is 1. The molecule has 0 saturated carbocycles. The predicted molar refractivity (Wildman–Crippen MR) is 73.7 cm³/mol. The number of amides is 1. The van der Waals surface area contributed by atoms with Crippen LogP contribution < -0.4 is 10.5 Å². The van der Waals surface area contributed by atoms with Crippen LogP contribution in [0.2, 0.25) is 0 Å². The minimum Gasteiger partial charge on any atom is -0.497 e. The maximum Gasteiger partial charge on any atom is 0.308 e. The van der Waals surface area contributed by atoms with Crippen LogP contribution in [0.5, 0.6) is 5.75 Å². The van der Waals surface area contributed by atoms with Crippen LogP contribution in [0.3, 0.4) is 0 Å². The molecule has 1 heterocycles.